The molecule has 14 heteroatoms. The third-order valence-corrected chi connectivity index (χ3v) is 7.02. The Bertz CT molecular complexity index is 1200. The number of halogens is 1. The van der Waals surface area contributed by atoms with Gasteiger partial charge in [-0.15, -0.1) is 0 Å². The number of aliphatic hydroxyl groups is 1. The normalized spacial score (nSPS) is 30.6. The first-order valence-corrected chi connectivity index (χ1v) is 11.9. The largest absolute Gasteiger partial charge is 0.464 e. The number of H-pyrrole nitrogens is 1. The van der Waals surface area contributed by atoms with Gasteiger partial charge < -0.3 is 19.1 Å². The minimum absolute atomic E-state index is 0.127. The van der Waals surface area contributed by atoms with Gasteiger partial charge in [0.2, 0.25) is 0 Å². The molecule has 3 heterocycles. The Balaban J connectivity index is 1.53. The SMILES string of the molecule is CC1(F)C(O)C(COP(=O)(NC2CCOC2=O)Oc2ccccc2)OC1n1ccc(=O)[nH]c1=O. The zero-order valence-electron chi connectivity index (χ0n) is 18.0. The minimum Gasteiger partial charge on any atom is -0.464 e. The Morgan fingerprint density at radius 3 is 2.68 bits per heavy atom. The lowest BCUT2D eigenvalue weighted by Crippen LogP contribution is -2.43. The molecule has 34 heavy (non-hydrogen) atoms. The van der Waals surface area contributed by atoms with Gasteiger partial charge in [-0.3, -0.25) is 23.7 Å². The average molecular weight is 499 g/mol. The molecular weight excluding hydrogens is 476 g/mol. The zero-order chi connectivity index (χ0) is 24.5. The Morgan fingerprint density at radius 1 is 1.29 bits per heavy atom. The van der Waals surface area contributed by atoms with Gasteiger partial charge in [0.15, 0.2) is 11.9 Å². The number of nitrogens with one attached hydrogen (secondary N) is 2. The maximum absolute atomic E-state index is 15.4. The van der Waals surface area contributed by atoms with Crippen molar-refractivity contribution in [2.45, 2.75) is 43.5 Å². The molecule has 1 aromatic carbocycles. The molecule has 184 valence electrons. The minimum atomic E-state index is -4.24. The van der Waals surface area contributed by atoms with Gasteiger partial charge in [-0.05, 0) is 19.1 Å². The van der Waals surface area contributed by atoms with Crippen molar-refractivity contribution in [2.75, 3.05) is 13.2 Å². The molecule has 0 amide bonds. The van der Waals surface area contributed by atoms with Crippen molar-refractivity contribution in [3.8, 4) is 5.75 Å². The maximum atomic E-state index is 15.4. The molecule has 4 rings (SSSR count). The third kappa shape index (κ3) is 4.98. The fourth-order valence-corrected chi connectivity index (χ4v) is 5.19. The number of aromatic amines is 1. The molecule has 1 aromatic heterocycles. The molecular formula is C20H23FN3O9P. The molecule has 2 fully saturated rings. The number of rotatable bonds is 8. The van der Waals surface area contributed by atoms with E-state index in [-0.39, 0.29) is 18.8 Å². The van der Waals surface area contributed by atoms with E-state index in [9.17, 15) is 24.1 Å². The van der Waals surface area contributed by atoms with Crippen LogP contribution in [0.25, 0.3) is 0 Å². The number of hydrogen-bond acceptors (Lipinski definition) is 9. The predicted molar refractivity (Wildman–Crippen MR) is 114 cm³/mol. The summed E-state index contributed by atoms with van der Waals surface area (Å²) in [5.74, 6) is -0.461. The molecule has 0 saturated carbocycles. The summed E-state index contributed by atoms with van der Waals surface area (Å²) in [7, 11) is -4.24. The van der Waals surface area contributed by atoms with Crippen LogP contribution >= 0.6 is 7.75 Å². The lowest BCUT2D eigenvalue weighted by atomic mass is 9.98. The number of aromatic nitrogens is 2. The summed E-state index contributed by atoms with van der Waals surface area (Å²) in [6.07, 6.45) is -3.50. The van der Waals surface area contributed by atoms with Crippen molar-refractivity contribution >= 4 is 13.7 Å². The van der Waals surface area contributed by atoms with Crippen LogP contribution in [0.2, 0.25) is 0 Å². The van der Waals surface area contributed by atoms with Crippen LogP contribution in [0.5, 0.6) is 5.75 Å². The summed E-state index contributed by atoms with van der Waals surface area (Å²) >= 11 is 0. The van der Waals surface area contributed by atoms with E-state index in [0.29, 0.717) is 0 Å². The van der Waals surface area contributed by atoms with E-state index in [1.54, 1.807) is 18.2 Å². The van der Waals surface area contributed by atoms with Gasteiger partial charge in [-0.1, -0.05) is 18.2 Å². The first kappa shape index (κ1) is 24.3. The van der Waals surface area contributed by atoms with E-state index in [0.717, 1.165) is 23.8 Å². The van der Waals surface area contributed by atoms with Crippen molar-refractivity contribution in [1.29, 1.82) is 0 Å². The number of benzene rings is 1. The van der Waals surface area contributed by atoms with Gasteiger partial charge in [0, 0.05) is 18.7 Å². The van der Waals surface area contributed by atoms with Crippen LogP contribution in [0.3, 0.4) is 0 Å². The quantitative estimate of drug-likeness (QED) is 0.348. The number of cyclic esters (lactones) is 1. The monoisotopic (exact) mass is 499 g/mol. The number of ether oxygens (including phenoxy) is 2. The van der Waals surface area contributed by atoms with Gasteiger partial charge >= 0.3 is 19.4 Å². The molecule has 6 atom stereocenters. The van der Waals surface area contributed by atoms with Crippen LogP contribution in [0.4, 0.5) is 4.39 Å². The number of carbonyl (C=O) groups is 1. The van der Waals surface area contributed by atoms with Crippen LogP contribution in [-0.4, -0.2) is 57.8 Å². The highest BCUT2D eigenvalue weighted by Gasteiger charge is 2.56. The smallest absolute Gasteiger partial charge is 0.459 e. The summed E-state index contributed by atoms with van der Waals surface area (Å²) < 4.78 is 50.9. The number of hydrogen-bond donors (Lipinski definition) is 3. The van der Waals surface area contributed by atoms with Crippen molar-refractivity contribution in [2.24, 2.45) is 0 Å². The van der Waals surface area contributed by atoms with Crippen LogP contribution < -0.4 is 20.9 Å². The van der Waals surface area contributed by atoms with Gasteiger partial charge in [0.1, 0.15) is 24.0 Å². The molecule has 3 N–H and O–H groups in total. The van der Waals surface area contributed by atoms with Gasteiger partial charge in [-0.25, -0.2) is 13.8 Å². The van der Waals surface area contributed by atoms with Crippen LogP contribution in [-0.2, 0) is 23.4 Å². The first-order valence-electron chi connectivity index (χ1n) is 10.4. The van der Waals surface area contributed by atoms with Crippen molar-refractivity contribution in [3.63, 3.8) is 0 Å². The van der Waals surface area contributed by atoms with E-state index in [2.05, 4.69) is 5.09 Å². The molecule has 2 aliphatic heterocycles. The van der Waals surface area contributed by atoms with Crippen LogP contribution in [0.1, 0.15) is 19.6 Å². The second-order valence-electron chi connectivity index (χ2n) is 7.98. The molecule has 2 aliphatic rings. The topological polar surface area (TPSA) is 158 Å². The molecule has 12 nitrogen and oxygen atoms in total. The standard InChI is InChI=1S/C20H23FN3O9P/c1-20(21)16(26)14(32-18(20)24-9-7-15(25)22-19(24)28)11-31-34(29,23-13-8-10-30-17(13)27)33-12-5-3-2-4-6-12/h2-7,9,13-14,16,18,26H,8,10-11H2,1H3,(H,23,29)(H,22,25,28). The number of aliphatic hydroxyl groups excluding tert-OH is 1. The zero-order valence-corrected chi connectivity index (χ0v) is 18.9. The van der Waals surface area contributed by atoms with E-state index >= 15 is 4.39 Å². The maximum Gasteiger partial charge on any atom is 0.459 e. The average Bonchev–Trinajstić information content (AvgIpc) is 3.28. The summed E-state index contributed by atoms with van der Waals surface area (Å²) in [5, 5.41) is 13.0. The summed E-state index contributed by atoms with van der Waals surface area (Å²) in [6, 6.07) is 8.06. The summed E-state index contributed by atoms with van der Waals surface area (Å²) in [4.78, 5) is 37.3. The Morgan fingerprint density at radius 2 is 2.03 bits per heavy atom. The van der Waals surface area contributed by atoms with E-state index in [1.807, 2.05) is 4.98 Å². The summed E-state index contributed by atoms with van der Waals surface area (Å²) in [5.41, 5.74) is -4.09. The molecule has 0 aliphatic carbocycles. The Kier molecular flexibility index (Phi) is 6.74. The van der Waals surface area contributed by atoms with Gasteiger partial charge in [0.25, 0.3) is 5.56 Å². The van der Waals surface area contributed by atoms with E-state index < -0.39 is 61.7 Å². The fourth-order valence-electron chi connectivity index (χ4n) is 3.65. The molecule has 2 saturated heterocycles. The molecule has 0 radical (unpaired) electrons. The molecule has 2 aromatic rings. The lowest BCUT2D eigenvalue weighted by molar-refractivity contribution is -0.139. The fraction of sp³-hybridized carbons (Fsp3) is 0.450. The Labute approximate surface area is 192 Å². The molecule has 0 bridgehead atoms. The van der Waals surface area contributed by atoms with Crippen LogP contribution in [0, 0.1) is 0 Å². The third-order valence-electron chi connectivity index (χ3n) is 5.45. The second-order valence-corrected chi connectivity index (χ2v) is 9.67. The molecule has 0 spiro atoms. The van der Waals surface area contributed by atoms with Crippen molar-refractivity contribution < 1.29 is 37.4 Å². The number of nitrogens with zero attached hydrogens (tertiary/aromatic N) is 1. The number of carbonyl (C=O) groups excluding carboxylic acids is 1. The van der Waals surface area contributed by atoms with E-state index in [4.69, 9.17) is 18.5 Å². The van der Waals surface area contributed by atoms with E-state index in [1.165, 1.54) is 12.1 Å². The number of esters is 1. The highest BCUT2D eigenvalue weighted by atomic mass is 31.2. The summed E-state index contributed by atoms with van der Waals surface area (Å²) in [6.45, 7) is 0.531. The molecule has 6 unspecified atom stereocenters. The second kappa shape index (κ2) is 9.43. The van der Waals surface area contributed by atoms with Gasteiger partial charge in [0.05, 0.1) is 13.2 Å². The highest BCUT2D eigenvalue weighted by molar-refractivity contribution is 7.52. The predicted octanol–water partition coefficient (Wildman–Crippen LogP) is 0.632. The lowest BCUT2D eigenvalue weighted by Gasteiger charge is -2.25. The van der Waals surface area contributed by atoms with Crippen LogP contribution in [0.15, 0.2) is 52.2 Å². The number of alkyl halides is 1. The number of para-hydroxylation sites is 1. The highest BCUT2D eigenvalue weighted by Crippen LogP contribution is 2.47. The Hall–Kier alpha value is -2.83. The first-order chi connectivity index (χ1) is 16.1. The van der Waals surface area contributed by atoms with Crippen molar-refractivity contribution in [1.82, 2.24) is 14.6 Å². The van der Waals surface area contributed by atoms with Gasteiger partial charge in [-0.2, -0.15) is 5.09 Å². The van der Waals surface area contributed by atoms with Crippen molar-refractivity contribution in [3.05, 3.63) is 63.4 Å².